The third kappa shape index (κ3) is 4.33. The summed E-state index contributed by atoms with van der Waals surface area (Å²) in [4.78, 5) is 12.0. The van der Waals surface area contributed by atoms with Gasteiger partial charge in [0.2, 0.25) is 10.0 Å². The monoisotopic (exact) mass is 369 g/mol. The molecule has 0 amide bonds. The SMILES string of the molecule is CCOC(=O)C1CCN(S(=O)(=O)c2cc(C(C)C)ccc2OC)CC1. The minimum absolute atomic E-state index is 0.191. The van der Waals surface area contributed by atoms with Gasteiger partial charge in [0.25, 0.3) is 0 Å². The van der Waals surface area contributed by atoms with E-state index in [0.717, 1.165) is 5.56 Å². The van der Waals surface area contributed by atoms with Crippen molar-refractivity contribution in [3.8, 4) is 5.75 Å². The summed E-state index contributed by atoms with van der Waals surface area (Å²) >= 11 is 0. The maximum atomic E-state index is 13.1. The second-order valence-corrected chi connectivity index (χ2v) is 8.40. The minimum atomic E-state index is -3.67. The lowest BCUT2D eigenvalue weighted by molar-refractivity contribution is -0.149. The third-order valence-electron chi connectivity index (χ3n) is 4.55. The molecule has 1 aliphatic heterocycles. The van der Waals surface area contributed by atoms with Crippen LogP contribution in [0.5, 0.6) is 5.75 Å². The summed E-state index contributed by atoms with van der Waals surface area (Å²) < 4.78 is 37.9. The number of methoxy groups -OCH3 is 1. The van der Waals surface area contributed by atoms with Gasteiger partial charge in [-0.25, -0.2) is 8.42 Å². The Labute approximate surface area is 150 Å². The Morgan fingerprint density at radius 2 is 1.92 bits per heavy atom. The highest BCUT2D eigenvalue weighted by molar-refractivity contribution is 7.89. The molecule has 0 atom stereocenters. The zero-order chi connectivity index (χ0) is 18.6. The number of hydrogen-bond donors (Lipinski definition) is 0. The first-order valence-corrected chi connectivity index (χ1v) is 10.1. The van der Waals surface area contributed by atoms with Crippen LogP contribution < -0.4 is 4.74 Å². The van der Waals surface area contributed by atoms with Crippen molar-refractivity contribution in [1.29, 1.82) is 0 Å². The first kappa shape index (κ1) is 19.7. The van der Waals surface area contributed by atoms with Gasteiger partial charge in [0.1, 0.15) is 10.6 Å². The average molecular weight is 369 g/mol. The van der Waals surface area contributed by atoms with Crippen LogP contribution in [0, 0.1) is 5.92 Å². The van der Waals surface area contributed by atoms with Crippen molar-refractivity contribution in [2.24, 2.45) is 5.92 Å². The zero-order valence-electron chi connectivity index (χ0n) is 15.3. The number of ether oxygens (including phenoxy) is 2. The lowest BCUT2D eigenvalue weighted by atomic mass is 9.98. The van der Waals surface area contributed by atoms with Crippen molar-refractivity contribution in [2.75, 3.05) is 26.8 Å². The number of piperidine rings is 1. The van der Waals surface area contributed by atoms with Crippen LogP contribution in [0.2, 0.25) is 0 Å². The highest BCUT2D eigenvalue weighted by atomic mass is 32.2. The molecule has 0 aromatic heterocycles. The van der Waals surface area contributed by atoms with Gasteiger partial charge in [0.15, 0.2) is 0 Å². The lowest BCUT2D eigenvalue weighted by Gasteiger charge is -2.30. The van der Waals surface area contributed by atoms with Gasteiger partial charge in [-0.3, -0.25) is 4.79 Å². The zero-order valence-corrected chi connectivity index (χ0v) is 16.1. The van der Waals surface area contributed by atoms with Crippen molar-refractivity contribution >= 4 is 16.0 Å². The molecule has 1 aromatic carbocycles. The van der Waals surface area contributed by atoms with E-state index < -0.39 is 10.0 Å². The third-order valence-corrected chi connectivity index (χ3v) is 6.47. The molecule has 2 rings (SSSR count). The summed E-state index contributed by atoms with van der Waals surface area (Å²) in [6.07, 6.45) is 0.953. The number of hydrogen-bond acceptors (Lipinski definition) is 5. The molecule has 0 aliphatic carbocycles. The summed E-state index contributed by atoms with van der Waals surface area (Å²) in [6.45, 7) is 6.76. The molecule has 1 aliphatic rings. The first-order valence-electron chi connectivity index (χ1n) is 8.66. The molecule has 1 saturated heterocycles. The van der Waals surface area contributed by atoms with E-state index in [4.69, 9.17) is 9.47 Å². The van der Waals surface area contributed by atoms with Gasteiger partial charge in [-0.15, -0.1) is 0 Å². The Morgan fingerprint density at radius 1 is 1.28 bits per heavy atom. The molecule has 0 radical (unpaired) electrons. The molecular formula is C18H27NO5S. The Kier molecular flexibility index (Phi) is 6.46. The molecule has 0 N–H and O–H groups in total. The lowest BCUT2D eigenvalue weighted by Crippen LogP contribution is -2.40. The number of carbonyl (C=O) groups excluding carboxylic acids is 1. The standard InChI is InChI=1S/C18H27NO5S/c1-5-24-18(20)14-8-10-19(11-9-14)25(21,22)17-12-15(13(2)3)6-7-16(17)23-4/h6-7,12-14H,5,8-11H2,1-4H3. The Balaban J connectivity index is 2.22. The predicted octanol–water partition coefficient (Wildman–Crippen LogP) is 2.78. The van der Waals surface area contributed by atoms with Gasteiger partial charge in [-0.05, 0) is 43.4 Å². The van der Waals surface area contributed by atoms with Crippen LogP contribution in [0.1, 0.15) is 45.1 Å². The number of benzene rings is 1. The molecule has 25 heavy (non-hydrogen) atoms. The number of carbonyl (C=O) groups is 1. The van der Waals surface area contributed by atoms with Crippen LogP contribution in [0.4, 0.5) is 0 Å². The summed E-state index contributed by atoms with van der Waals surface area (Å²) in [5.74, 6) is 0.0977. The molecule has 0 unspecified atom stereocenters. The van der Waals surface area contributed by atoms with E-state index in [9.17, 15) is 13.2 Å². The molecule has 6 nitrogen and oxygen atoms in total. The van der Waals surface area contributed by atoms with Crippen LogP contribution in [0.15, 0.2) is 23.1 Å². The van der Waals surface area contributed by atoms with Gasteiger partial charge in [-0.2, -0.15) is 4.31 Å². The molecular weight excluding hydrogens is 342 g/mol. The number of esters is 1. The maximum absolute atomic E-state index is 13.1. The fourth-order valence-electron chi connectivity index (χ4n) is 2.99. The van der Waals surface area contributed by atoms with Gasteiger partial charge >= 0.3 is 5.97 Å². The quantitative estimate of drug-likeness (QED) is 0.721. The topological polar surface area (TPSA) is 72.9 Å². The van der Waals surface area contributed by atoms with Gasteiger partial charge in [0, 0.05) is 13.1 Å². The molecule has 7 heteroatoms. The molecule has 0 spiro atoms. The Bertz CT molecular complexity index is 706. The normalized spacial score (nSPS) is 16.8. The van der Waals surface area contributed by atoms with E-state index >= 15 is 0 Å². The van der Waals surface area contributed by atoms with Gasteiger partial charge in [-0.1, -0.05) is 19.9 Å². The van der Waals surface area contributed by atoms with Crippen LogP contribution >= 0.6 is 0 Å². The second kappa shape index (κ2) is 8.19. The van der Waals surface area contributed by atoms with E-state index in [2.05, 4.69) is 0 Å². The van der Waals surface area contributed by atoms with E-state index in [1.807, 2.05) is 19.9 Å². The van der Waals surface area contributed by atoms with Crippen molar-refractivity contribution in [2.45, 2.75) is 44.4 Å². The fourth-order valence-corrected chi connectivity index (χ4v) is 4.65. The molecule has 0 bridgehead atoms. The van der Waals surface area contributed by atoms with E-state index in [1.54, 1.807) is 19.1 Å². The van der Waals surface area contributed by atoms with Crippen molar-refractivity contribution in [1.82, 2.24) is 4.31 Å². The van der Waals surface area contributed by atoms with Crippen molar-refractivity contribution < 1.29 is 22.7 Å². The molecule has 1 fully saturated rings. The summed E-state index contributed by atoms with van der Waals surface area (Å²) in [5.41, 5.74) is 0.945. The van der Waals surface area contributed by atoms with E-state index in [-0.39, 0.29) is 22.7 Å². The van der Waals surface area contributed by atoms with Crippen LogP contribution in [0.25, 0.3) is 0 Å². The number of nitrogens with zero attached hydrogens (tertiary/aromatic N) is 1. The Hall–Kier alpha value is -1.60. The first-order chi connectivity index (χ1) is 11.8. The maximum Gasteiger partial charge on any atom is 0.309 e. The average Bonchev–Trinajstić information content (AvgIpc) is 2.61. The summed E-state index contributed by atoms with van der Waals surface area (Å²) in [7, 11) is -2.20. The van der Waals surface area contributed by atoms with Crippen LogP contribution in [-0.2, 0) is 19.6 Å². The van der Waals surface area contributed by atoms with Gasteiger partial charge < -0.3 is 9.47 Å². The molecule has 0 saturated carbocycles. The second-order valence-electron chi connectivity index (χ2n) is 6.50. The smallest absolute Gasteiger partial charge is 0.309 e. The van der Waals surface area contributed by atoms with Crippen molar-refractivity contribution in [3.05, 3.63) is 23.8 Å². The van der Waals surface area contributed by atoms with Gasteiger partial charge in [0.05, 0.1) is 19.6 Å². The van der Waals surface area contributed by atoms with Crippen molar-refractivity contribution in [3.63, 3.8) is 0 Å². The highest BCUT2D eigenvalue weighted by Gasteiger charge is 2.34. The largest absolute Gasteiger partial charge is 0.495 e. The van der Waals surface area contributed by atoms with Crippen LogP contribution in [0.3, 0.4) is 0 Å². The molecule has 1 heterocycles. The van der Waals surface area contributed by atoms with E-state index in [0.29, 0.717) is 38.3 Å². The highest BCUT2D eigenvalue weighted by Crippen LogP contribution is 2.32. The Morgan fingerprint density at radius 3 is 2.44 bits per heavy atom. The number of rotatable bonds is 6. The number of sulfonamides is 1. The van der Waals surface area contributed by atoms with Crippen LogP contribution in [-0.4, -0.2) is 45.5 Å². The summed E-state index contributed by atoms with van der Waals surface area (Å²) in [6, 6.07) is 5.28. The minimum Gasteiger partial charge on any atom is -0.495 e. The predicted molar refractivity (Wildman–Crippen MR) is 95.2 cm³/mol. The molecule has 140 valence electrons. The molecule has 1 aromatic rings. The van der Waals surface area contributed by atoms with E-state index in [1.165, 1.54) is 11.4 Å². The summed E-state index contributed by atoms with van der Waals surface area (Å²) in [5, 5.41) is 0. The fraction of sp³-hybridized carbons (Fsp3) is 0.611.